The smallest absolute Gasteiger partial charge is 0.0836 e. The first-order valence-corrected chi connectivity index (χ1v) is 5.98. The fraction of sp³-hybridized carbons (Fsp3) is 0.200. The van der Waals surface area contributed by atoms with Gasteiger partial charge in [-0.1, -0.05) is 66.7 Å². The number of rotatable bonds is 1. The lowest BCUT2D eigenvalue weighted by molar-refractivity contribution is 0.588. The van der Waals surface area contributed by atoms with Crippen molar-refractivity contribution in [2.24, 2.45) is 0 Å². The van der Waals surface area contributed by atoms with Crippen LogP contribution in [0.1, 0.15) is 11.7 Å². The van der Waals surface area contributed by atoms with Crippen LogP contribution < -0.4 is 10.6 Å². The topological polar surface area (TPSA) is 24.1 Å². The molecule has 0 amide bonds. The van der Waals surface area contributed by atoms with Crippen LogP contribution in [-0.2, 0) is 0 Å². The summed E-state index contributed by atoms with van der Waals surface area (Å²) in [6.07, 6.45) is 0.371. The van der Waals surface area contributed by atoms with E-state index in [0.29, 0.717) is 6.17 Å². The second-order valence-corrected chi connectivity index (χ2v) is 3.91. The average molecular weight is 226 g/mol. The third-order valence-corrected chi connectivity index (χ3v) is 2.62. The summed E-state index contributed by atoms with van der Waals surface area (Å²) in [5.74, 6) is 0. The molecule has 2 N–H and O–H groups in total. The molecule has 2 aromatic carbocycles. The molecular formula is C15H18N2. The molecule has 1 heterocycles. The Balaban J connectivity index is 0.000000153. The van der Waals surface area contributed by atoms with E-state index < -0.39 is 0 Å². The number of hydrogen-bond donors (Lipinski definition) is 2. The number of benzene rings is 2. The van der Waals surface area contributed by atoms with E-state index >= 15 is 0 Å². The molecule has 1 aliphatic rings. The Morgan fingerprint density at radius 2 is 1.06 bits per heavy atom. The molecule has 3 rings (SSSR count). The Kier molecular flexibility index (Phi) is 4.76. The van der Waals surface area contributed by atoms with Gasteiger partial charge in [-0.15, -0.1) is 0 Å². The summed E-state index contributed by atoms with van der Waals surface area (Å²) in [7, 11) is 0. The van der Waals surface area contributed by atoms with Gasteiger partial charge in [-0.25, -0.2) is 0 Å². The van der Waals surface area contributed by atoms with Crippen molar-refractivity contribution in [2.75, 3.05) is 13.1 Å². The molecule has 88 valence electrons. The molecule has 1 saturated heterocycles. The van der Waals surface area contributed by atoms with Gasteiger partial charge in [0, 0.05) is 13.1 Å². The Morgan fingerprint density at radius 1 is 0.647 bits per heavy atom. The van der Waals surface area contributed by atoms with Crippen molar-refractivity contribution in [3.05, 3.63) is 72.3 Å². The van der Waals surface area contributed by atoms with Gasteiger partial charge in [-0.05, 0) is 5.56 Å². The zero-order chi connectivity index (χ0) is 11.8. The molecule has 17 heavy (non-hydrogen) atoms. The minimum atomic E-state index is 0.371. The highest BCUT2D eigenvalue weighted by molar-refractivity contribution is 5.18. The molecule has 2 heteroatoms. The molecule has 0 radical (unpaired) electrons. The van der Waals surface area contributed by atoms with E-state index in [9.17, 15) is 0 Å². The first kappa shape index (κ1) is 11.8. The van der Waals surface area contributed by atoms with Gasteiger partial charge in [0.25, 0.3) is 0 Å². The van der Waals surface area contributed by atoms with Crippen molar-refractivity contribution < 1.29 is 0 Å². The fourth-order valence-corrected chi connectivity index (χ4v) is 1.77. The van der Waals surface area contributed by atoms with Crippen LogP contribution in [0.5, 0.6) is 0 Å². The second kappa shape index (κ2) is 6.84. The van der Waals surface area contributed by atoms with E-state index in [4.69, 9.17) is 0 Å². The summed E-state index contributed by atoms with van der Waals surface area (Å²) in [4.78, 5) is 0. The maximum absolute atomic E-state index is 3.36. The predicted octanol–water partition coefficient (Wildman–Crippen LogP) is 2.56. The van der Waals surface area contributed by atoms with Gasteiger partial charge >= 0.3 is 0 Å². The first-order valence-electron chi connectivity index (χ1n) is 5.98. The maximum Gasteiger partial charge on any atom is 0.0836 e. The summed E-state index contributed by atoms with van der Waals surface area (Å²) >= 11 is 0. The van der Waals surface area contributed by atoms with Gasteiger partial charge in [0.05, 0.1) is 6.17 Å². The van der Waals surface area contributed by atoms with E-state index in [2.05, 4.69) is 34.9 Å². The van der Waals surface area contributed by atoms with Crippen LogP contribution in [-0.4, -0.2) is 13.1 Å². The maximum atomic E-state index is 3.36. The van der Waals surface area contributed by atoms with E-state index in [1.165, 1.54) is 5.56 Å². The molecule has 1 aliphatic heterocycles. The molecular weight excluding hydrogens is 208 g/mol. The molecule has 1 fully saturated rings. The average Bonchev–Trinajstić information content (AvgIpc) is 2.96. The molecule has 0 aromatic heterocycles. The summed E-state index contributed by atoms with van der Waals surface area (Å²) in [6.45, 7) is 2.14. The molecule has 0 bridgehead atoms. The molecule has 0 spiro atoms. The summed E-state index contributed by atoms with van der Waals surface area (Å²) in [6, 6.07) is 22.4. The Labute approximate surface area is 103 Å². The standard InChI is InChI=1S/C9H12N2.C6H6/c1-2-4-8(5-3-1)9-10-6-7-11-9;1-2-4-6-5-3-1/h1-5,9-11H,6-7H2;1-6H. The third-order valence-electron chi connectivity index (χ3n) is 2.62. The van der Waals surface area contributed by atoms with Crippen molar-refractivity contribution in [3.8, 4) is 0 Å². The van der Waals surface area contributed by atoms with Gasteiger partial charge in [0.15, 0.2) is 0 Å². The van der Waals surface area contributed by atoms with Gasteiger partial charge in [0.1, 0.15) is 0 Å². The van der Waals surface area contributed by atoms with Gasteiger partial charge in [0.2, 0.25) is 0 Å². The van der Waals surface area contributed by atoms with Crippen LogP contribution in [0.25, 0.3) is 0 Å². The lowest BCUT2D eigenvalue weighted by Gasteiger charge is -2.09. The van der Waals surface area contributed by atoms with E-state index in [1.54, 1.807) is 0 Å². The summed E-state index contributed by atoms with van der Waals surface area (Å²) in [5, 5.41) is 6.72. The van der Waals surface area contributed by atoms with Crippen molar-refractivity contribution >= 4 is 0 Å². The Bertz CT molecular complexity index is 367. The molecule has 0 unspecified atom stereocenters. The normalized spacial score (nSPS) is 15.1. The lowest BCUT2D eigenvalue weighted by atomic mass is 10.2. The van der Waals surface area contributed by atoms with E-state index in [1.807, 2.05) is 42.5 Å². The summed E-state index contributed by atoms with van der Waals surface area (Å²) < 4.78 is 0. The quantitative estimate of drug-likeness (QED) is 0.781. The van der Waals surface area contributed by atoms with Crippen molar-refractivity contribution in [1.29, 1.82) is 0 Å². The predicted molar refractivity (Wildman–Crippen MR) is 71.6 cm³/mol. The van der Waals surface area contributed by atoms with Crippen molar-refractivity contribution in [2.45, 2.75) is 6.17 Å². The second-order valence-electron chi connectivity index (χ2n) is 3.91. The van der Waals surface area contributed by atoms with Crippen molar-refractivity contribution in [3.63, 3.8) is 0 Å². The molecule has 0 aliphatic carbocycles. The van der Waals surface area contributed by atoms with Crippen molar-refractivity contribution in [1.82, 2.24) is 10.6 Å². The minimum absolute atomic E-state index is 0.371. The number of hydrogen-bond acceptors (Lipinski definition) is 2. The summed E-state index contributed by atoms with van der Waals surface area (Å²) in [5.41, 5.74) is 1.32. The van der Waals surface area contributed by atoms with Crippen LogP contribution in [0, 0.1) is 0 Å². The monoisotopic (exact) mass is 226 g/mol. The lowest BCUT2D eigenvalue weighted by Crippen LogP contribution is -2.20. The first-order chi connectivity index (χ1) is 8.47. The van der Waals surface area contributed by atoms with Crippen LogP contribution in [0.3, 0.4) is 0 Å². The number of nitrogens with one attached hydrogen (secondary N) is 2. The van der Waals surface area contributed by atoms with E-state index in [-0.39, 0.29) is 0 Å². The molecule has 0 atom stereocenters. The molecule has 2 nitrogen and oxygen atoms in total. The Morgan fingerprint density at radius 3 is 1.53 bits per heavy atom. The zero-order valence-electron chi connectivity index (χ0n) is 9.84. The SMILES string of the molecule is c1ccc(C2NCCN2)cc1.c1ccccc1. The van der Waals surface area contributed by atoms with Crippen LogP contribution in [0.15, 0.2) is 66.7 Å². The van der Waals surface area contributed by atoms with Crippen LogP contribution in [0.2, 0.25) is 0 Å². The fourth-order valence-electron chi connectivity index (χ4n) is 1.77. The Hall–Kier alpha value is -1.64. The van der Waals surface area contributed by atoms with E-state index in [0.717, 1.165) is 13.1 Å². The van der Waals surface area contributed by atoms with Gasteiger partial charge < -0.3 is 0 Å². The van der Waals surface area contributed by atoms with Gasteiger partial charge in [-0.3, -0.25) is 10.6 Å². The minimum Gasteiger partial charge on any atom is -0.297 e. The molecule has 2 aromatic rings. The third kappa shape index (κ3) is 4.02. The van der Waals surface area contributed by atoms with Crippen LogP contribution in [0.4, 0.5) is 0 Å². The zero-order valence-corrected chi connectivity index (χ0v) is 9.84. The highest BCUT2D eigenvalue weighted by atomic mass is 15.2. The highest BCUT2D eigenvalue weighted by Crippen LogP contribution is 2.10. The van der Waals surface area contributed by atoms with Gasteiger partial charge in [-0.2, -0.15) is 0 Å². The van der Waals surface area contributed by atoms with Crippen LogP contribution >= 0.6 is 0 Å². The molecule has 0 saturated carbocycles. The largest absolute Gasteiger partial charge is 0.297 e. The highest BCUT2D eigenvalue weighted by Gasteiger charge is 2.13.